The molecule has 0 saturated carbocycles. The quantitative estimate of drug-likeness (QED) is 0.595. The molecule has 2 atom stereocenters. The van der Waals surface area contributed by atoms with Gasteiger partial charge in [-0.25, -0.2) is 4.39 Å². The maximum atomic E-state index is 12.4. The zero-order chi connectivity index (χ0) is 20.4. The molecule has 27 heavy (non-hydrogen) atoms. The van der Waals surface area contributed by atoms with E-state index in [2.05, 4.69) is 0 Å². The molecule has 8 heteroatoms. The summed E-state index contributed by atoms with van der Waals surface area (Å²) in [6.07, 6.45) is 0.497. The number of carboxylic acids is 2. The van der Waals surface area contributed by atoms with E-state index >= 15 is 0 Å². The summed E-state index contributed by atoms with van der Waals surface area (Å²) in [6.45, 7) is 0. The first-order valence-electron chi connectivity index (χ1n) is 7.93. The van der Waals surface area contributed by atoms with Gasteiger partial charge in [-0.2, -0.15) is 5.26 Å². The Hall–Kier alpha value is -3.28. The molecule has 0 fully saturated rings. The van der Waals surface area contributed by atoms with E-state index in [0.717, 1.165) is 11.1 Å². The average Bonchev–Trinajstić information content (AvgIpc) is 2.64. The van der Waals surface area contributed by atoms with Crippen molar-refractivity contribution in [3.05, 3.63) is 71.0 Å². The fourth-order valence-corrected chi connectivity index (χ4v) is 2.02. The Balaban J connectivity index is 0.000000271. The van der Waals surface area contributed by atoms with E-state index in [1.54, 1.807) is 24.3 Å². The lowest BCUT2D eigenvalue weighted by atomic mass is 10.1. The maximum Gasteiger partial charge on any atom is 0.320 e. The Kier molecular flexibility index (Phi) is 8.59. The van der Waals surface area contributed by atoms with Gasteiger partial charge in [-0.05, 0) is 48.2 Å². The van der Waals surface area contributed by atoms with Crippen LogP contribution in [-0.4, -0.2) is 34.2 Å². The van der Waals surface area contributed by atoms with Crippen LogP contribution in [0.15, 0.2) is 48.5 Å². The summed E-state index contributed by atoms with van der Waals surface area (Å²) in [5.41, 5.74) is 12.7. The molecule has 2 rings (SSSR count). The molecule has 0 heterocycles. The number of hydrogen-bond acceptors (Lipinski definition) is 5. The highest BCUT2D eigenvalue weighted by Gasteiger charge is 2.12. The number of rotatable bonds is 6. The summed E-state index contributed by atoms with van der Waals surface area (Å²) in [6, 6.07) is 12.5. The number of carboxylic acid groups (broad SMARTS) is 2. The number of aliphatic carboxylic acids is 2. The highest BCUT2D eigenvalue weighted by Crippen LogP contribution is 2.06. The van der Waals surface area contributed by atoms with Crippen LogP contribution in [0.3, 0.4) is 0 Å². The number of carbonyl (C=O) groups is 2. The zero-order valence-electron chi connectivity index (χ0n) is 14.4. The smallest absolute Gasteiger partial charge is 0.320 e. The van der Waals surface area contributed by atoms with E-state index in [9.17, 15) is 14.0 Å². The molecule has 0 radical (unpaired) electrons. The van der Waals surface area contributed by atoms with Gasteiger partial charge < -0.3 is 21.7 Å². The van der Waals surface area contributed by atoms with E-state index in [0.29, 0.717) is 5.56 Å². The minimum atomic E-state index is -1.05. The number of benzene rings is 2. The third-order valence-electron chi connectivity index (χ3n) is 3.54. The molecule has 0 amide bonds. The number of halogens is 1. The van der Waals surface area contributed by atoms with Gasteiger partial charge in [0.05, 0.1) is 11.6 Å². The van der Waals surface area contributed by atoms with Gasteiger partial charge in [0.25, 0.3) is 0 Å². The van der Waals surface area contributed by atoms with Crippen LogP contribution >= 0.6 is 0 Å². The van der Waals surface area contributed by atoms with Crippen molar-refractivity contribution in [2.75, 3.05) is 0 Å². The van der Waals surface area contributed by atoms with Crippen LogP contribution in [0.25, 0.3) is 0 Å². The van der Waals surface area contributed by atoms with Crippen LogP contribution in [0.5, 0.6) is 0 Å². The Morgan fingerprint density at radius 1 is 0.889 bits per heavy atom. The molecule has 0 saturated heterocycles. The summed E-state index contributed by atoms with van der Waals surface area (Å²) in [5, 5.41) is 25.6. The van der Waals surface area contributed by atoms with E-state index in [1.807, 2.05) is 6.07 Å². The standard InChI is InChI=1S/C10H10N2O2.C9H10FNO2/c11-6-8-3-1-7(2-4-8)5-9(12)10(13)14;10-7-3-1-6(2-4-7)5-8(11)9(12)13/h1-4,9H,5,12H2,(H,13,14);1-4,8H,5,11H2,(H,12,13)/t9-;8-/m00/s1. The molecule has 7 nitrogen and oxygen atoms in total. The molecular weight excluding hydrogens is 353 g/mol. The zero-order valence-corrected chi connectivity index (χ0v) is 14.4. The first-order chi connectivity index (χ1) is 12.7. The lowest BCUT2D eigenvalue weighted by molar-refractivity contribution is -0.139. The van der Waals surface area contributed by atoms with Crippen LogP contribution in [0.4, 0.5) is 4.39 Å². The summed E-state index contributed by atoms with van der Waals surface area (Å²) in [7, 11) is 0. The number of nitrogens with two attached hydrogens (primary N) is 2. The van der Waals surface area contributed by atoms with Gasteiger partial charge in [0.1, 0.15) is 17.9 Å². The average molecular weight is 373 g/mol. The molecule has 2 aromatic carbocycles. The van der Waals surface area contributed by atoms with Crippen molar-refractivity contribution in [2.24, 2.45) is 11.5 Å². The SMILES string of the molecule is N#Cc1ccc(C[C@H](N)C(=O)O)cc1.N[C@@H](Cc1ccc(F)cc1)C(=O)O. The molecule has 0 spiro atoms. The van der Waals surface area contributed by atoms with Crippen molar-refractivity contribution < 1.29 is 24.2 Å². The van der Waals surface area contributed by atoms with Gasteiger partial charge in [0, 0.05) is 0 Å². The molecule has 142 valence electrons. The molecule has 0 aromatic heterocycles. The van der Waals surface area contributed by atoms with Crippen molar-refractivity contribution in [1.29, 1.82) is 5.26 Å². The van der Waals surface area contributed by atoms with Gasteiger partial charge in [-0.1, -0.05) is 24.3 Å². The summed E-state index contributed by atoms with van der Waals surface area (Å²) in [4.78, 5) is 20.8. The normalized spacial score (nSPS) is 12.1. The monoisotopic (exact) mass is 373 g/mol. The highest BCUT2D eigenvalue weighted by atomic mass is 19.1. The Morgan fingerprint density at radius 3 is 1.59 bits per heavy atom. The van der Waals surface area contributed by atoms with Crippen molar-refractivity contribution in [3.63, 3.8) is 0 Å². The predicted octanol–water partition coefficient (Wildman–Crippen LogP) is 1.29. The molecule has 0 bridgehead atoms. The minimum absolute atomic E-state index is 0.218. The van der Waals surface area contributed by atoms with Crippen molar-refractivity contribution in [3.8, 4) is 6.07 Å². The number of nitrogens with zero attached hydrogens (tertiary/aromatic N) is 1. The topological polar surface area (TPSA) is 150 Å². The molecule has 2 aromatic rings. The fraction of sp³-hybridized carbons (Fsp3) is 0.211. The van der Waals surface area contributed by atoms with E-state index in [4.69, 9.17) is 26.9 Å². The van der Waals surface area contributed by atoms with Crippen LogP contribution in [0, 0.1) is 17.1 Å². The second-order valence-corrected chi connectivity index (χ2v) is 5.73. The van der Waals surface area contributed by atoms with E-state index in [-0.39, 0.29) is 18.7 Å². The Labute approximate surface area is 155 Å². The van der Waals surface area contributed by atoms with E-state index < -0.39 is 24.0 Å². The van der Waals surface area contributed by atoms with Crippen molar-refractivity contribution >= 4 is 11.9 Å². The van der Waals surface area contributed by atoms with Crippen molar-refractivity contribution in [1.82, 2.24) is 0 Å². The molecular formula is C19H20FN3O4. The first-order valence-corrected chi connectivity index (χ1v) is 7.93. The second-order valence-electron chi connectivity index (χ2n) is 5.73. The predicted molar refractivity (Wildman–Crippen MR) is 96.2 cm³/mol. The first kappa shape index (κ1) is 21.8. The molecule has 0 aliphatic heterocycles. The largest absolute Gasteiger partial charge is 0.480 e. The van der Waals surface area contributed by atoms with Gasteiger partial charge >= 0.3 is 11.9 Å². The Bertz CT molecular complexity index is 801. The van der Waals surface area contributed by atoms with Crippen LogP contribution in [-0.2, 0) is 22.4 Å². The summed E-state index contributed by atoms with van der Waals surface area (Å²) >= 11 is 0. The third-order valence-corrected chi connectivity index (χ3v) is 3.54. The van der Waals surface area contributed by atoms with Crippen LogP contribution in [0.1, 0.15) is 16.7 Å². The lowest BCUT2D eigenvalue weighted by Gasteiger charge is -2.05. The minimum Gasteiger partial charge on any atom is -0.480 e. The van der Waals surface area contributed by atoms with Gasteiger partial charge in [-0.15, -0.1) is 0 Å². The van der Waals surface area contributed by atoms with E-state index in [1.165, 1.54) is 24.3 Å². The van der Waals surface area contributed by atoms with Crippen LogP contribution in [0.2, 0.25) is 0 Å². The van der Waals surface area contributed by atoms with Crippen LogP contribution < -0.4 is 11.5 Å². The summed E-state index contributed by atoms with van der Waals surface area (Å²) in [5.74, 6) is -2.41. The fourth-order valence-electron chi connectivity index (χ4n) is 2.02. The van der Waals surface area contributed by atoms with Crippen molar-refractivity contribution in [2.45, 2.75) is 24.9 Å². The number of hydrogen-bond donors (Lipinski definition) is 4. The van der Waals surface area contributed by atoms with Gasteiger partial charge in [-0.3, -0.25) is 9.59 Å². The summed E-state index contributed by atoms with van der Waals surface area (Å²) < 4.78 is 12.4. The Morgan fingerprint density at radius 2 is 1.26 bits per heavy atom. The third kappa shape index (κ3) is 8.09. The highest BCUT2D eigenvalue weighted by molar-refractivity contribution is 5.73. The van der Waals surface area contributed by atoms with Gasteiger partial charge in [0.2, 0.25) is 0 Å². The molecule has 0 unspecified atom stereocenters. The molecule has 6 N–H and O–H groups in total. The lowest BCUT2D eigenvalue weighted by Crippen LogP contribution is -2.32. The van der Waals surface area contributed by atoms with Gasteiger partial charge in [0.15, 0.2) is 0 Å². The maximum absolute atomic E-state index is 12.4. The molecule has 0 aliphatic carbocycles. The number of nitriles is 1. The molecule has 0 aliphatic rings. The second kappa shape index (κ2) is 10.7.